The molecule has 1 atom stereocenters. The predicted octanol–water partition coefficient (Wildman–Crippen LogP) is 3.85. The number of carbonyl (C=O) groups is 1. The highest BCUT2D eigenvalue weighted by atomic mass is 32.2. The van der Waals surface area contributed by atoms with Gasteiger partial charge < -0.3 is 24.4 Å². The Morgan fingerprint density at radius 1 is 1.29 bits per heavy atom. The summed E-state index contributed by atoms with van der Waals surface area (Å²) in [4.78, 5) is 23.5. The van der Waals surface area contributed by atoms with Gasteiger partial charge in [-0.15, -0.1) is 4.98 Å². The van der Waals surface area contributed by atoms with Crippen molar-refractivity contribution in [2.24, 2.45) is 0 Å². The van der Waals surface area contributed by atoms with Crippen LogP contribution in [0.1, 0.15) is 44.9 Å². The highest BCUT2D eigenvalue weighted by molar-refractivity contribution is 7.90. The van der Waals surface area contributed by atoms with Gasteiger partial charge in [0.25, 0.3) is 6.43 Å². The van der Waals surface area contributed by atoms with Gasteiger partial charge in [-0.3, -0.25) is 4.57 Å². The molecule has 0 spiro atoms. The summed E-state index contributed by atoms with van der Waals surface area (Å²) in [6.07, 6.45) is -0.540. The van der Waals surface area contributed by atoms with Gasteiger partial charge in [0.1, 0.15) is 23.6 Å². The van der Waals surface area contributed by atoms with E-state index < -0.39 is 29.5 Å². The van der Waals surface area contributed by atoms with Crippen LogP contribution < -0.4 is 14.8 Å². The summed E-state index contributed by atoms with van der Waals surface area (Å²) in [7, 11) is 0. The number of hydrogen-bond donors (Lipinski definition) is 2. The Balaban J connectivity index is 1.71. The van der Waals surface area contributed by atoms with Crippen LogP contribution in [0.4, 0.5) is 13.6 Å². The molecule has 10 nitrogen and oxygen atoms in total. The second-order valence-corrected chi connectivity index (χ2v) is 9.28. The monoisotopic (exact) mass is 509 g/mol. The topological polar surface area (TPSA) is 134 Å². The van der Waals surface area contributed by atoms with Gasteiger partial charge >= 0.3 is 11.2 Å². The molecule has 3 aromatic rings. The fourth-order valence-corrected chi connectivity index (χ4v) is 4.56. The van der Waals surface area contributed by atoms with Crippen LogP contribution >= 0.6 is 0 Å². The molecule has 0 aliphatic heterocycles. The van der Waals surface area contributed by atoms with Crippen molar-refractivity contribution in [2.45, 2.75) is 56.3 Å². The van der Waals surface area contributed by atoms with Gasteiger partial charge in [0, 0.05) is 23.3 Å². The average molecular weight is 510 g/mol. The quantitative estimate of drug-likeness (QED) is 0.345. The Labute approximate surface area is 202 Å². The molecule has 1 aromatic carbocycles. The van der Waals surface area contributed by atoms with Crippen molar-refractivity contribution in [2.75, 3.05) is 12.9 Å². The summed E-state index contributed by atoms with van der Waals surface area (Å²) in [5, 5.41) is 11.3. The van der Waals surface area contributed by atoms with Crippen molar-refractivity contribution in [1.82, 2.24) is 24.8 Å². The minimum absolute atomic E-state index is 0.0490. The van der Waals surface area contributed by atoms with E-state index in [-0.39, 0.29) is 34.5 Å². The molecule has 1 fully saturated rings. The number of fused-ring (bicyclic) bond motifs is 1. The number of alkyl halides is 2. The zero-order valence-electron chi connectivity index (χ0n) is 19.1. The molecule has 4 rings (SSSR count). The van der Waals surface area contributed by atoms with E-state index in [0.717, 1.165) is 0 Å². The van der Waals surface area contributed by atoms with Crippen LogP contribution in [0.25, 0.3) is 16.9 Å². The molecule has 13 heteroatoms. The number of aromatic nitrogens is 4. The standard InChI is InChI=1S/C22H25F2N5O5S/c1-3-33-15-6-4-5-14-18(15)28-20(19(23)24)29(14)16-11-17(27-21(26-16)35(2)32)34-13-9-7-12(8-10-13)25-22(30)31/h4-6,11-13,19,25H,3,7-10H2,1-2H3,(H,30,31)/t12-,13-,35?. The summed E-state index contributed by atoms with van der Waals surface area (Å²) in [5.41, 5.74) is 0.609. The van der Waals surface area contributed by atoms with E-state index >= 15 is 0 Å². The van der Waals surface area contributed by atoms with Crippen molar-refractivity contribution in [1.29, 1.82) is 0 Å². The van der Waals surface area contributed by atoms with E-state index in [2.05, 4.69) is 20.3 Å². The molecule has 1 aliphatic rings. The number of benzene rings is 1. The third-order valence-electron chi connectivity index (χ3n) is 5.61. The first kappa shape index (κ1) is 24.9. The summed E-state index contributed by atoms with van der Waals surface area (Å²) >= 11 is -1.61. The fraction of sp³-hybridized carbons (Fsp3) is 0.455. The van der Waals surface area contributed by atoms with E-state index in [1.54, 1.807) is 25.1 Å². The van der Waals surface area contributed by atoms with E-state index in [0.29, 0.717) is 43.6 Å². The number of rotatable bonds is 8. The maximum atomic E-state index is 14.0. The fourth-order valence-electron chi connectivity index (χ4n) is 4.12. The largest absolute Gasteiger partial charge is 0.609 e. The number of ether oxygens (including phenoxy) is 2. The SMILES string of the molecule is CCOc1cccc2c1nc(C(F)F)n2-c1cc(O[C@H]2CC[C@H](NC(=O)O)CC2)nc([S+](C)[O-])n1. The lowest BCUT2D eigenvalue weighted by Gasteiger charge is -2.28. The average Bonchev–Trinajstić information content (AvgIpc) is 3.21. The number of imidazole rings is 1. The maximum absolute atomic E-state index is 14.0. The maximum Gasteiger partial charge on any atom is 0.404 e. The predicted molar refractivity (Wildman–Crippen MR) is 123 cm³/mol. The summed E-state index contributed by atoms with van der Waals surface area (Å²) < 4.78 is 53.1. The van der Waals surface area contributed by atoms with Gasteiger partial charge in [-0.05, 0) is 44.7 Å². The zero-order valence-corrected chi connectivity index (χ0v) is 19.9. The molecular formula is C22H25F2N5O5S. The summed E-state index contributed by atoms with van der Waals surface area (Å²) in [6.45, 7) is 2.12. The van der Waals surface area contributed by atoms with Crippen molar-refractivity contribution in [3.8, 4) is 17.4 Å². The van der Waals surface area contributed by atoms with Gasteiger partial charge in [-0.1, -0.05) is 6.07 Å². The normalized spacial score (nSPS) is 19.0. The lowest BCUT2D eigenvalue weighted by Crippen LogP contribution is -2.39. The lowest BCUT2D eigenvalue weighted by atomic mass is 9.93. The smallest absolute Gasteiger partial charge is 0.404 e. The molecule has 35 heavy (non-hydrogen) atoms. The number of nitrogens with zero attached hydrogens (tertiary/aromatic N) is 4. The van der Waals surface area contributed by atoms with E-state index in [4.69, 9.17) is 14.6 Å². The van der Waals surface area contributed by atoms with Crippen LogP contribution in [-0.4, -0.2) is 60.3 Å². The molecular weight excluding hydrogens is 484 g/mol. The van der Waals surface area contributed by atoms with Gasteiger partial charge in [-0.2, -0.15) is 4.98 Å². The van der Waals surface area contributed by atoms with Crippen molar-refractivity contribution < 1.29 is 32.7 Å². The summed E-state index contributed by atoms with van der Waals surface area (Å²) in [6, 6.07) is 6.20. The van der Waals surface area contributed by atoms with Crippen LogP contribution in [0.2, 0.25) is 0 Å². The van der Waals surface area contributed by atoms with Gasteiger partial charge in [-0.25, -0.2) is 18.6 Å². The molecule has 0 bridgehead atoms. The molecule has 188 valence electrons. The molecule has 1 amide bonds. The first-order valence-corrected chi connectivity index (χ1v) is 12.6. The van der Waals surface area contributed by atoms with Crippen LogP contribution in [0, 0.1) is 0 Å². The molecule has 0 saturated heterocycles. The molecule has 2 aromatic heterocycles. The Morgan fingerprint density at radius 3 is 2.66 bits per heavy atom. The number of halogens is 2. The number of amides is 1. The van der Waals surface area contributed by atoms with Gasteiger partial charge in [0.15, 0.2) is 11.6 Å². The number of carboxylic acid groups (broad SMARTS) is 1. The third kappa shape index (κ3) is 5.56. The second-order valence-electron chi connectivity index (χ2n) is 8.01. The zero-order chi connectivity index (χ0) is 25.1. The second kappa shape index (κ2) is 10.6. The minimum atomic E-state index is -2.91. The lowest BCUT2D eigenvalue weighted by molar-refractivity contribution is 0.128. The Kier molecular flexibility index (Phi) is 7.55. The molecule has 1 saturated carbocycles. The first-order valence-electron chi connectivity index (χ1n) is 11.1. The molecule has 1 unspecified atom stereocenters. The number of para-hydroxylation sites is 1. The van der Waals surface area contributed by atoms with E-state index in [1.165, 1.54) is 16.9 Å². The first-order chi connectivity index (χ1) is 16.8. The molecule has 2 heterocycles. The Bertz CT molecular complexity index is 1200. The van der Waals surface area contributed by atoms with Crippen LogP contribution in [0.15, 0.2) is 29.4 Å². The molecule has 2 N–H and O–H groups in total. The van der Waals surface area contributed by atoms with Crippen LogP contribution in [0.5, 0.6) is 11.6 Å². The minimum Gasteiger partial charge on any atom is -0.609 e. The Morgan fingerprint density at radius 2 is 2.03 bits per heavy atom. The van der Waals surface area contributed by atoms with Crippen LogP contribution in [0.3, 0.4) is 0 Å². The van der Waals surface area contributed by atoms with E-state index in [9.17, 15) is 18.1 Å². The van der Waals surface area contributed by atoms with Crippen LogP contribution in [-0.2, 0) is 11.2 Å². The molecule has 0 radical (unpaired) electrons. The highest BCUT2D eigenvalue weighted by Crippen LogP contribution is 2.33. The van der Waals surface area contributed by atoms with Gasteiger partial charge in [0.2, 0.25) is 5.88 Å². The Hall–Kier alpha value is -3.19. The number of hydrogen-bond acceptors (Lipinski definition) is 7. The van der Waals surface area contributed by atoms with E-state index in [1.807, 2.05) is 0 Å². The number of nitrogens with one attached hydrogen (secondary N) is 1. The van der Waals surface area contributed by atoms with Crippen molar-refractivity contribution in [3.05, 3.63) is 30.1 Å². The molecule has 1 aliphatic carbocycles. The van der Waals surface area contributed by atoms with Crippen molar-refractivity contribution in [3.63, 3.8) is 0 Å². The third-order valence-corrected chi connectivity index (χ3v) is 6.31. The summed E-state index contributed by atoms with van der Waals surface area (Å²) in [5.74, 6) is -0.0298. The highest BCUT2D eigenvalue weighted by Gasteiger charge is 2.27. The van der Waals surface area contributed by atoms with Gasteiger partial charge in [0.05, 0.1) is 12.1 Å². The van der Waals surface area contributed by atoms with Crippen molar-refractivity contribution >= 4 is 28.3 Å².